The predicted octanol–water partition coefficient (Wildman–Crippen LogP) is 3.55. The first-order chi connectivity index (χ1) is 9.51. The van der Waals surface area contributed by atoms with Crippen LogP contribution in [0, 0.1) is 5.82 Å². The first-order valence-electron chi connectivity index (χ1n) is 5.64. The van der Waals surface area contributed by atoms with E-state index in [1.807, 2.05) is 0 Å². The third kappa shape index (κ3) is 3.08. The molecule has 2 N–H and O–H groups in total. The zero-order valence-electron chi connectivity index (χ0n) is 10.5. The number of hydrogen-bond acceptors (Lipinski definition) is 3. The lowest BCUT2D eigenvalue weighted by molar-refractivity contribution is 0.102. The van der Waals surface area contributed by atoms with Crippen LogP contribution in [0.3, 0.4) is 0 Å². The van der Waals surface area contributed by atoms with Crippen LogP contribution in [-0.2, 0) is 0 Å². The molecular weight excluding hydrogens is 329 g/mol. The van der Waals surface area contributed by atoms with Crippen molar-refractivity contribution in [1.82, 2.24) is 0 Å². The van der Waals surface area contributed by atoms with Gasteiger partial charge < -0.3 is 15.2 Å². The van der Waals surface area contributed by atoms with E-state index in [-0.39, 0.29) is 17.1 Å². The Labute approximate surface area is 123 Å². The van der Waals surface area contributed by atoms with Crippen LogP contribution in [0.1, 0.15) is 10.4 Å². The van der Waals surface area contributed by atoms with Gasteiger partial charge in [0.25, 0.3) is 5.91 Å². The van der Waals surface area contributed by atoms with Crippen molar-refractivity contribution in [1.29, 1.82) is 0 Å². The Morgan fingerprint density at radius 1 is 1.30 bits per heavy atom. The van der Waals surface area contributed by atoms with E-state index >= 15 is 0 Å². The molecule has 0 spiro atoms. The number of benzene rings is 2. The lowest BCUT2D eigenvalue weighted by Crippen LogP contribution is -2.12. The first-order valence-corrected chi connectivity index (χ1v) is 6.44. The molecule has 0 aromatic heterocycles. The highest BCUT2D eigenvalue weighted by molar-refractivity contribution is 9.10. The number of rotatable bonds is 3. The van der Waals surface area contributed by atoms with Crippen LogP contribution in [0.2, 0.25) is 0 Å². The van der Waals surface area contributed by atoms with E-state index in [1.54, 1.807) is 0 Å². The molecule has 0 atom stereocenters. The molecule has 0 aliphatic carbocycles. The van der Waals surface area contributed by atoms with Gasteiger partial charge in [-0.25, -0.2) is 4.39 Å². The number of hydrogen-bond donors (Lipinski definition) is 2. The molecule has 0 bridgehead atoms. The van der Waals surface area contributed by atoms with Crippen molar-refractivity contribution in [3.63, 3.8) is 0 Å². The largest absolute Gasteiger partial charge is 0.504 e. The number of anilines is 1. The average Bonchev–Trinajstić information content (AvgIpc) is 2.42. The molecule has 20 heavy (non-hydrogen) atoms. The highest BCUT2D eigenvalue weighted by Gasteiger charge is 2.11. The molecule has 6 heteroatoms. The van der Waals surface area contributed by atoms with Gasteiger partial charge >= 0.3 is 0 Å². The topological polar surface area (TPSA) is 58.6 Å². The van der Waals surface area contributed by atoms with E-state index in [4.69, 9.17) is 4.74 Å². The van der Waals surface area contributed by atoms with Gasteiger partial charge in [0.05, 0.1) is 12.8 Å². The molecule has 0 saturated carbocycles. The molecule has 0 fully saturated rings. The molecule has 0 unspecified atom stereocenters. The molecule has 1 amide bonds. The van der Waals surface area contributed by atoms with Crippen LogP contribution in [0.15, 0.2) is 40.9 Å². The maximum atomic E-state index is 13.1. The number of halogens is 2. The maximum Gasteiger partial charge on any atom is 0.255 e. The highest BCUT2D eigenvalue weighted by Crippen LogP contribution is 2.28. The minimum atomic E-state index is -0.464. The van der Waals surface area contributed by atoms with Crippen LogP contribution in [0.5, 0.6) is 11.5 Å². The molecule has 0 saturated heterocycles. The van der Waals surface area contributed by atoms with Crippen LogP contribution < -0.4 is 10.1 Å². The predicted molar refractivity (Wildman–Crippen MR) is 76.7 cm³/mol. The molecule has 2 aromatic carbocycles. The number of aromatic hydroxyl groups is 1. The number of ether oxygens (including phenoxy) is 1. The van der Waals surface area contributed by atoms with Crippen molar-refractivity contribution in [2.24, 2.45) is 0 Å². The van der Waals surface area contributed by atoms with Gasteiger partial charge in [-0.2, -0.15) is 0 Å². The fourth-order valence-corrected chi connectivity index (χ4v) is 1.96. The molecule has 4 nitrogen and oxygen atoms in total. The fourth-order valence-electron chi connectivity index (χ4n) is 1.62. The van der Waals surface area contributed by atoms with Gasteiger partial charge in [0.1, 0.15) is 5.82 Å². The summed E-state index contributed by atoms with van der Waals surface area (Å²) in [5.74, 6) is -0.790. The average molecular weight is 340 g/mol. The zero-order valence-corrected chi connectivity index (χ0v) is 12.1. The zero-order chi connectivity index (χ0) is 14.7. The van der Waals surface area contributed by atoms with E-state index in [0.717, 1.165) is 0 Å². The third-order valence-electron chi connectivity index (χ3n) is 2.62. The first kappa shape index (κ1) is 14.3. The van der Waals surface area contributed by atoms with E-state index in [2.05, 4.69) is 21.2 Å². The number of nitrogens with one attached hydrogen (secondary N) is 1. The Balaban J connectivity index is 2.24. The van der Waals surface area contributed by atoms with Crippen LogP contribution in [-0.4, -0.2) is 18.1 Å². The van der Waals surface area contributed by atoms with E-state index in [0.29, 0.717) is 10.2 Å². The molecule has 2 rings (SSSR count). The summed E-state index contributed by atoms with van der Waals surface area (Å²) in [7, 11) is 1.42. The molecule has 0 aliphatic heterocycles. The maximum absolute atomic E-state index is 13.1. The molecule has 0 aliphatic rings. The Kier molecular flexibility index (Phi) is 4.24. The molecule has 104 valence electrons. The van der Waals surface area contributed by atoms with Gasteiger partial charge in [0, 0.05) is 10.0 Å². The molecule has 2 aromatic rings. The molecule has 0 heterocycles. The fraction of sp³-hybridized carbons (Fsp3) is 0.0714. The van der Waals surface area contributed by atoms with E-state index < -0.39 is 11.7 Å². The summed E-state index contributed by atoms with van der Waals surface area (Å²) in [5.41, 5.74) is 0.546. The van der Waals surface area contributed by atoms with Gasteiger partial charge in [-0.1, -0.05) is 0 Å². The number of phenolic OH excluding ortho intramolecular Hbond substituents is 1. The summed E-state index contributed by atoms with van der Waals surface area (Å²) in [6.45, 7) is 0. The summed E-state index contributed by atoms with van der Waals surface area (Å²) < 4.78 is 18.6. The quantitative estimate of drug-likeness (QED) is 0.898. The van der Waals surface area contributed by atoms with Crippen molar-refractivity contribution < 1.29 is 19.0 Å². The van der Waals surface area contributed by atoms with E-state index in [9.17, 15) is 14.3 Å². The summed E-state index contributed by atoms with van der Waals surface area (Å²) in [5, 5.41) is 12.2. The van der Waals surface area contributed by atoms with Crippen LogP contribution in [0.25, 0.3) is 0 Å². The lowest BCUT2D eigenvalue weighted by Gasteiger charge is -2.09. The second-order valence-corrected chi connectivity index (χ2v) is 4.82. The van der Waals surface area contributed by atoms with Crippen molar-refractivity contribution in [3.8, 4) is 11.5 Å². The second kappa shape index (κ2) is 5.92. The van der Waals surface area contributed by atoms with E-state index in [1.165, 1.54) is 43.5 Å². The summed E-state index contributed by atoms with van der Waals surface area (Å²) in [6, 6.07) is 8.23. The van der Waals surface area contributed by atoms with Crippen LogP contribution in [0.4, 0.5) is 10.1 Å². The van der Waals surface area contributed by atoms with Crippen molar-refractivity contribution in [2.75, 3.05) is 12.4 Å². The number of phenols is 1. The van der Waals surface area contributed by atoms with Gasteiger partial charge in [0.15, 0.2) is 11.5 Å². The van der Waals surface area contributed by atoms with Gasteiger partial charge in [-0.3, -0.25) is 4.79 Å². The van der Waals surface area contributed by atoms with Gasteiger partial charge in [-0.15, -0.1) is 0 Å². The molecular formula is C14H11BrFNO3. The number of carbonyl (C=O) groups excluding carboxylic acids is 1. The van der Waals surface area contributed by atoms with Crippen molar-refractivity contribution >= 4 is 27.5 Å². The summed E-state index contributed by atoms with van der Waals surface area (Å²) in [6.07, 6.45) is 0. The molecule has 0 radical (unpaired) electrons. The standard InChI is InChI=1S/C14H11BrFNO3/c1-20-13-5-2-8(6-12(13)18)14(19)17-11-7-9(16)3-4-10(11)15/h2-7,18H,1H3,(H,17,19). The minimum absolute atomic E-state index is 0.140. The smallest absolute Gasteiger partial charge is 0.255 e. The third-order valence-corrected chi connectivity index (χ3v) is 3.31. The Hall–Kier alpha value is -2.08. The second-order valence-electron chi connectivity index (χ2n) is 3.96. The normalized spacial score (nSPS) is 10.2. The Bertz CT molecular complexity index is 661. The summed E-state index contributed by atoms with van der Waals surface area (Å²) in [4.78, 5) is 12.0. The van der Waals surface area contributed by atoms with Crippen molar-refractivity contribution in [2.45, 2.75) is 0 Å². The van der Waals surface area contributed by atoms with Gasteiger partial charge in [-0.05, 0) is 52.3 Å². The minimum Gasteiger partial charge on any atom is -0.504 e. The number of methoxy groups -OCH3 is 1. The lowest BCUT2D eigenvalue weighted by atomic mass is 10.2. The summed E-state index contributed by atoms with van der Waals surface area (Å²) >= 11 is 3.22. The number of amides is 1. The highest BCUT2D eigenvalue weighted by atomic mass is 79.9. The Morgan fingerprint density at radius 3 is 2.70 bits per heavy atom. The SMILES string of the molecule is COc1ccc(C(=O)Nc2cc(F)ccc2Br)cc1O. The van der Waals surface area contributed by atoms with Crippen LogP contribution >= 0.6 is 15.9 Å². The Morgan fingerprint density at radius 2 is 2.05 bits per heavy atom. The number of carbonyl (C=O) groups is 1. The van der Waals surface area contributed by atoms with Crippen molar-refractivity contribution in [3.05, 3.63) is 52.3 Å². The monoisotopic (exact) mass is 339 g/mol. The van der Waals surface area contributed by atoms with Gasteiger partial charge in [0.2, 0.25) is 0 Å².